The topological polar surface area (TPSA) is 92.6 Å². The van der Waals surface area contributed by atoms with Gasteiger partial charge in [0.15, 0.2) is 0 Å². The third kappa shape index (κ3) is 4.28. The number of carbonyl (C=O) groups is 2. The number of nitrogens with one attached hydrogen (secondary N) is 1. The first-order valence-corrected chi connectivity index (χ1v) is 9.63. The highest BCUT2D eigenvalue weighted by atomic mass is 19.1. The molecule has 1 heterocycles. The molecule has 7 nitrogen and oxygen atoms in total. The van der Waals surface area contributed by atoms with Crippen LogP contribution in [0.1, 0.15) is 6.42 Å². The molecule has 0 aliphatic carbocycles. The lowest BCUT2D eigenvalue weighted by Gasteiger charge is -2.16. The molecule has 1 unspecified atom stereocenters. The van der Waals surface area contributed by atoms with E-state index in [0.717, 1.165) is 23.3 Å². The number of hydrogen-bond acceptors (Lipinski definition) is 4. The van der Waals surface area contributed by atoms with E-state index in [4.69, 9.17) is 0 Å². The number of benzene rings is 3. The van der Waals surface area contributed by atoms with Crippen molar-refractivity contribution in [2.45, 2.75) is 6.42 Å². The number of amides is 2. The van der Waals surface area contributed by atoms with Gasteiger partial charge in [-0.15, -0.1) is 0 Å². The molecule has 0 bridgehead atoms. The van der Waals surface area contributed by atoms with Crippen molar-refractivity contribution in [3.8, 4) is 11.1 Å². The first-order valence-electron chi connectivity index (χ1n) is 9.63. The van der Waals surface area contributed by atoms with Gasteiger partial charge in [-0.3, -0.25) is 19.7 Å². The molecule has 1 aliphatic heterocycles. The van der Waals surface area contributed by atoms with E-state index in [1.54, 1.807) is 12.1 Å². The van der Waals surface area contributed by atoms with Crippen LogP contribution in [0.4, 0.5) is 21.5 Å². The molecule has 1 fully saturated rings. The second-order valence-electron chi connectivity index (χ2n) is 7.23. The summed E-state index contributed by atoms with van der Waals surface area (Å²) in [4.78, 5) is 36.4. The van der Waals surface area contributed by atoms with Gasteiger partial charge in [0.05, 0.1) is 16.5 Å². The first-order chi connectivity index (χ1) is 14.9. The molecule has 0 radical (unpaired) electrons. The van der Waals surface area contributed by atoms with E-state index >= 15 is 0 Å². The number of nitro groups is 1. The number of nitro benzene ring substituents is 1. The largest absolute Gasteiger partial charge is 0.326 e. The molecule has 31 heavy (non-hydrogen) atoms. The Morgan fingerprint density at radius 3 is 2.39 bits per heavy atom. The molecule has 0 spiro atoms. The lowest BCUT2D eigenvalue weighted by atomic mass is 10.0. The van der Waals surface area contributed by atoms with Crippen molar-refractivity contribution in [2.75, 3.05) is 16.8 Å². The summed E-state index contributed by atoms with van der Waals surface area (Å²) in [7, 11) is 0. The Hall–Kier alpha value is -4.07. The predicted molar refractivity (Wildman–Crippen MR) is 114 cm³/mol. The van der Waals surface area contributed by atoms with Crippen LogP contribution in [0.25, 0.3) is 11.1 Å². The van der Waals surface area contributed by atoms with Crippen molar-refractivity contribution in [3.63, 3.8) is 0 Å². The molecule has 0 saturated carbocycles. The fourth-order valence-corrected chi connectivity index (χ4v) is 3.56. The number of nitrogens with zero attached hydrogens (tertiary/aromatic N) is 2. The van der Waals surface area contributed by atoms with Gasteiger partial charge >= 0.3 is 5.69 Å². The predicted octanol–water partition coefficient (Wildman–Crippen LogP) is 4.39. The van der Waals surface area contributed by atoms with E-state index < -0.39 is 22.3 Å². The van der Waals surface area contributed by atoms with Gasteiger partial charge in [-0.05, 0) is 35.4 Å². The van der Waals surface area contributed by atoms with Crippen molar-refractivity contribution in [1.29, 1.82) is 0 Å². The summed E-state index contributed by atoms with van der Waals surface area (Å²) in [5, 5.41) is 13.8. The van der Waals surface area contributed by atoms with Crippen LogP contribution in [0.3, 0.4) is 0 Å². The van der Waals surface area contributed by atoms with Gasteiger partial charge in [0.1, 0.15) is 0 Å². The van der Waals surface area contributed by atoms with E-state index in [0.29, 0.717) is 5.69 Å². The minimum Gasteiger partial charge on any atom is -0.326 e. The van der Waals surface area contributed by atoms with Crippen molar-refractivity contribution in [3.05, 3.63) is 88.7 Å². The minimum atomic E-state index is -0.978. The average molecular weight is 419 g/mol. The number of anilines is 2. The zero-order chi connectivity index (χ0) is 22.0. The van der Waals surface area contributed by atoms with Gasteiger partial charge in [0, 0.05) is 24.7 Å². The molecule has 1 aliphatic rings. The molecular formula is C23H18FN3O4. The second kappa shape index (κ2) is 8.35. The Bertz CT molecular complexity index is 1150. The van der Waals surface area contributed by atoms with Crippen LogP contribution in [0, 0.1) is 21.8 Å². The smallest absolute Gasteiger partial charge is 0.306 e. The summed E-state index contributed by atoms with van der Waals surface area (Å²) in [6, 6.07) is 20.4. The van der Waals surface area contributed by atoms with E-state index in [1.165, 1.54) is 11.0 Å². The number of halogens is 1. The number of rotatable bonds is 5. The number of carbonyl (C=O) groups excluding carboxylic acids is 2. The lowest BCUT2D eigenvalue weighted by molar-refractivity contribution is -0.387. The maximum absolute atomic E-state index is 13.6. The molecule has 8 heteroatoms. The number of hydrogen-bond donors (Lipinski definition) is 1. The van der Waals surface area contributed by atoms with Crippen molar-refractivity contribution in [2.24, 2.45) is 5.92 Å². The lowest BCUT2D eigenvalue weighted by Crippen LogP contribution is -2.28. The highest BCUT2D eigenvalue weighted by Crippen LogP contribution is 2.30. The van der Waals surface area contributed by atoms with Crippen LogP contribution in [-0.4, -0.2) is 23.3 Å². The molecule has 1 atom stereocenters. The summed E-state index contributed by atoms with van der Waals surface area (Å²) in [5.41, 5.74) is 2.16. The van der Waals surface area contributed by atoms with Gasteiger partial charge in [-0.25, -0.2) is 0 Å². The SMILES string of the molecule is O=C(Nc1ccc(-c2ccccc2)cc1)C1CC(=O)N(c2ccc(F)c([N+](=O)[O-])c2)C1. The Labute approximate surface area is 177 Å². The van der Waals surface area contributed by atoms with Crippen molar-refractivity contribution < 1.29 is 18.9 Å². The van der Waals surface area contributed by atoms with Gasteiger partial charge in [-0.1, -0.05) is 42.5 Å². The first kappa shape index (κ1) is 20.2. The zero-order valence-corrected chi connectivity index (χ0v) is 16.3. The Morgan fingerprint density at radius 2 is 1.71 bits per heavy atom. The maximum atomic E-state index is 13.6. The highest BCUT2D eigenvalue weighted by Gasteiger charge is 2.36. The Balaban J connectivity index is 1.44. The molecule has 4 rings (SSSR count). The highest BCUT2D eigenvalue weighted by molar-refractivity contribution is 6.03. The van der Waals surface area contributed by atoms with E-state index in [2.05, 4.69) is 5.32 Å². The minimum absolute atomic E-state index is 0.0287. The third-order valence-electron chi connectivity index (χ3n) is 5.19. The van der Waals surface area contributed by atoms with Gasteiger partial charge < -0.3 is 10.2 Å². The average Bonchev–Trinajstić information content (AvgIpc) is 3.17. The van der Waals surface area contributed by atoms with Crippen molar-refractivity contribution >= 4 is 28.9 Å². The third-order valence-corrected chi connectivity index (χ3v) is 5.19. The van der Waals surface area contributed by atoms with Gasteiger partial charge in [0.25, 0.3) is 0 Å². The van der Waals surface area contributed by atoms with Crippen LogP contribution >= 0.6 is 0 Å². The van der Waals surface area contributed by atoms with E-state index in [-0.39, 0.29) is 30.5 Å². The summed E-state index contributed by atoms with van der Waals surface area (Å²) < 4.78 is 13.6. The van der Waals surface area contributed by atoms with E-state index in [9.17, 15) is 24.1 Å². The van der Waals surface area contributed by atoms with Crippen LogP contribution < -0.4 is 10.2 Å². The summed E-state index contributed by atoms with van der Waals surface area (Å²) >= 11 is 0. The van der Waals surface area contributed by atoms with Gasteiger partial charge in [0.2, 0.25) is 17.6 Å². The van der Waals surface area contributed by atoms with Crippen molar-refractivity contribution in [1.82, 2.24) is 0 Å². The van der Waals surface area contributed by atoms with Crippen LogP contribution in [0.15, 0.2) is 72.8 Å². The molecule has 2 amide bonds. The molecule has 3 aromatic carbocycles. The monoisotopic (exact) mass is 419 g/mol. The quantitative estimate of drug-likeness (QED) is 0.490. The molecule has 0 aromatic heterocycles. The molecule has 156 valence electrons. The summed E-state index contributed by atoms with van der Waals surface area (Å²) in [5.74, 6) is -2.26. The molecule has 1 N–H and O–H groups in total. The normalized spacial score (nSPS) is 15.7. The zero-order valence-electron chi connectivity index (χ0n) is 16.3. The van der Waals surface area contributed by atoms with Gasteiger partial charge in [-0.2, -0.15) is 4.39 Å². The van der Waals surface area contributed by atoms with Crippen LogP contribution in [0.2, 0.25) is 0 Å². The molecule has 3 aromatic rings. The molecule has 1 saturated heterocycles. The van der Waals surface area contributed by atoms with Crippen LogP contribution in [-0.2, 0) is 9.59 Å². The van der Waals surface area contributed by atoms with Crippen LogP contribution in [0.5, 0.6) is 0 Å². The second-order valence-corrected chi connectivity index (χ2v) is 7.23. The Morgan fingerprint density at radius 1 is 1.03 bits per heavy atom. The summed E-state index contributed by atoms with van der Waals surface area (Å²) in [6.45, 7) is 0.0650. The van der Waals surface area contributed by atoms with E-state index in [1.807, 2.05) is 42.5 Å². The maximum Gasteiger partial charge on any atom is 0.306 e. The Kier molecular flexibility index (Phi) is 5.44. The summed E-state index contributed by atoms with van der Waals surface area (Å²) in [6.07, 6.45) is -0.0287. The fourth-order valence-electron chi connectivity index (χ4n) is 3.56. The molecular weight excluding hydrogens is 401 g/mol. The fraction of sp³-hybridized carbons (Fsp3) is 0.130. The standard InChI is InChI=1S/C23H18FN3O4/c24-20-11-10-19(13-21(20)27(30)31)26-14-17(12-22(26)28)23(29)25-18-8-6-16(7-9-18)15-4-2-1-3-5-15/h1-11,13,17H,12,14H2,(H,25,29).